The highest BCUT2D eigenvalue weighted by Gasteiger charge is 2.29. The Labute approximate surface area is 153 Å². The quantitative estimate of drug-likeness (QED) is 0.727. The molecule has 0 spiro atoms. The molecule has 1 aliphatic rings. The van der Waals surface area contributed by atoms with Crippen LogP contribution in [0.4, 0.5) is 0 Å². The molecule has 6 nitrogen and oxygen atoms in total. The van der Waals surface area contributed by atoms with Gasteiger partial charge in [-0.2, -0.15) is 5.10 Å². The minimum atomic E-state index is 0.0416. The number of piperidine rings is 1. The number of benzene rings is 1. The van der Waals surface area contributed by atoms with Gasteiger partial charge in [-0.25, -0.2) is 4.98 Å². The van der Waals surface area contributed by atoms with Crippen molar-refractivity contribution in [1.29, 1.82) is 0 Å². The lowest BCUT2D eigenvalue weighted by Gasteiger charge is -2.35. The molecular weight excluding hydrogens is 326 g/mol. The standard InChI is InChI=1S/C20H23N5O/c1-16-11-22-23(13-16)14-18-9-5-6-10-24(18)20(26)19-12-21-15-25(19)17-7-3-2-4-8-17/h2-4,7-8,11-13,15,18H,5-6,9-10,14H2,1H3/t18-/m0/s1. The van der Waals surface area contributed by atoms with Crippen molar-refractivity contribution < 1.29 is 4.79 Å². The van der Waals surface area contributed by atoms with Gasteiger partial charge < -0.3 is 4.90 Å². The molecule has 3 heterocycles. The van der Waals surface area contributed by atoms with Crippen LogP contribution in [0.15, 0.2) is 55.2 Å². The smallest absolute Gasteiger partial charge is 0.272 e. The molecule has 6 heteroatoms. The summed E-state index contributed by atoms with van der Waals surface area (Å²) in [6.45, 7) is 3.55. The Bertz CT molecular complexity index is 883. The molecule has 0 radical (unpaired) electrons. The SMILES string of the molecule is Cc1cnn(C[C@@H]2CCCCN2C(=O)c2cncn2-c2ccccc2)c1. The topological polar surface area (TPSA) is 56.0 Å². The Hall–Kier alpha value is -2.89. The van der Waals surface area contributed by atoms with Crippen LogP contribution in [0.5, 0.6) is 0 Å². The second-order valence-corrected chi connectivity index (χ2v) is 6.87. The predicted molar refractivity (Wildman–Crippen MR) is 99.2 cm³/mol. The summed E-state index contributed by atoms with van der Waals surface area (Å²) >= 11 is 0. The molecule has 0 saturated carbocycles. The molecule has 26 heavy (non-hydrogen) atoms. The molecule has 1 atom stereocenters. The first-order valence-electron chi connectivity index (χ1n) is 9.10. The molecule has 1 aliphatic heterocycles. The van der Waals surface area contributed by atoms with E-state index in [0.29, 0.717) is 5.69 Å². The van der Waals surface area contributed by atoms with Gasteiger partial charge in [0.15, 0.2) is 0 Å². The Morgan fingerprint density at radius 1 is 1.19 bits per heavy atom. The van der Waals surface area contributed by atoms with E-state index >= 15 is 0 Å². The number of rotatable bonds is 4. The zero-order valence-corrected chi connectivity index (χ0v) is 15.0. The highest BCUT2D eigenvalue weighted by molar-refractivity contribution is 5.93. The molecule has 0 bridgehead atoms. The van der Waals surface area contributed by atoms with E-state index in [1.807, 2.05) is 63.8 Å². The summed E-state index contributed by atoms with van der Waals surface area (Å²) in [7, 11) is 0. The average molecular weight is 349 g/mol. The Balaban J connectivity index is 1.59. The number of nitrogens with zero attached hydrogens (tertiary/aromatic N) is 5. The molecule has 134 valence electrons. The first kappa shape index (κ1) is 16.6. The second-order valence-electron chi connectivity index (χ2n) is 6.87. The molecule has 0 unspecified atom stereocenters. The van der Waals surface area contributed by atoms with Gasteiger partial charge in [-0.1, -0.05) is 18.2 Å². The minimum Gasteiger partial charge on any atom is -0.332 e. The maximum atomic E-state index is 13.3. The van der Waals surface area contributed by atoms with Gasteiger partial charge in [0.1, 0.15) is 5.69 Å². The number of amides is 1. The second kappa shape index (κ2) is 7.15. The molecule has 0 N–H and O–H groups in total. The molecule has 1 amide bonds. The normalized spacial score (nSPS) is 17.4. The van der Waals surface area contributed by atoms with Gasteiger partial charge in [-0.3, -0.25) is 14.0 Å². The van der Waals surface area contributed by atoms with Crippen LogP contribution >= 0.6 is 0 Å². The fourth-order valence-electron chi connectivity index (χ4n) is 3.64. The monoisotopic (exact) mass is 349 g/mol. The van der Waals surface area contributed by atoms with Crippen LogP contribution in [-0.4, -0.2) is 42.7 Å². The first-order chi connectivity index (χ1) is 12.7. The fraction of sp³-hybridized carbons (Fsp3) is 0.350. The van der Waals surface area contributed by atoms with Crippen LogP contribution < -0.4 is 0 Å². The number of aryl methyl sites for hydroxylation is 1. The summed E-state index contributed by atoms with van der Waals surface area (Å²) in [6, 6.07) is 10.0. The summed E-state index contributed by atoms with van der Waals surface area (Å²) in [5.74, 6) is 0.0416. The van der Waals surface area contributed by atoms with Gasteiger partial charge in [-0.05, 0) is 43.9 Å². The third-order valence-corrected chi connectivity index (χ3v) is 4.94. The van der Waals surface area contributed by atoms with Crippen LogP contribution in [-0.2, 0) is 6.54 Å². The summed E-state index contributed by atoms with van der Waals surface area (Å²) in [4.78, 5) is 19.5. The van der Waals surface area contributed by atoms with E-state index in [0.717, 1.165) is 43.6 Å². The third-order valence-electron chi connectivity index (χ3n) is 4.94. The molecule has 0 aliphatic carbocycles. The Morgan fingerprint density at radius 3 is 2.81 bits per heavy atom. The largest absolute Gasteiger partial charge is 0.332 e. The number of carbonyl (C=O) groups is 1. The van der Waals surface area contributed by atoms with E-state index in [-0.39, 0.29) is 11.9 Å². The first-order valence-corrected chi connectivity index (χ1v) is 9.10. The summed E-state index contributed by atoms with van der Waals surface area (Å²) in [5.41, 5.74) is 2.70. The average Bonchev–Trinajstić information content (AvgIpc) is 3.31. The van der Waals surface area contributed by atoms with E-state index in [9.17, 15) is 4.79 Å². The number of aromatic nitrogens is 4. The lowest BCUT2D eigenvalue weighted by molar-refractivity contribution is 0.0575. The lowest BCUT2D eigenvalue weighted by Crippen LogP contribution is -2.46. The number of carbonyl (C=O) groups excluding carboxylic acids is 1. The van der Waals surface area contributed by atoms with E-state index in [1.165, 1.54) is 0 Å². The molecule has 3 aromatic rings. The molecular formula is C20H23N5O. The van der Waals surface area contributed by atoms with Crippen LogP contribution in [0.25, 0.3) is 5.69 Å². The predicted octanol–water partition coefficient (Wildman–Crippen LogP) is 3.07. The van der Waals surface area contributed by atoms with Crippen molar-refractivity contribution in [2.75, 3.05) is 6.54 Å². The number of likely N-dealkylation sites (tertiary alicyclic amines) is 1. The molecule has 1 aromatic carbocycles. The molecule has 1 fully saturated rings. The molecule has 2 aromatic heterocycles. The van der Waals surface area contributed by atoms with Gasteiger partial charge in [0.25, 0.3) is 5.91 Å². The van der Waals surface area contributed by atoms with Gasteiger partial charge in [0, 0.05) is 18.4 Å². The Morgan fingerprint density at radius 2 is 2.04 bits per heavy atom. The number of hydrogen-bond donors (Lipinski definition) is 0. The van der Waals surface area contributed by atoms with E-state index in [4.69, 9.17) is 0 Å². The zero-order valence-electron chi connectivity index (χ0n) is 15.0. The fourth-order valence-corrected chi connectivity index (χ4v) is 3.64. The van der Waals surface area contributed by atoms with Gasteiger partial charge in [0.2, 0.25) is 0 Å². The summed E-state index contributed by atoms with van der Waals surface area (Å²) in [5, 5.41) is 4.39. The van der Waals surface area contributed by atoms with Gasteiger partial charge in [0.05, 0.1) is 31.3 Å². The van der Waals surface area contributed by atoms with Crippen molar-refractivity contribution in [2.45, 2.75) is 38.8 Å². The molecule has 1 saturated heterocycles. The van der Waals surface area contributed by atoms with Gasteiger partial charge >= 0.3 is 0 Å². The van der Waals surface area contributed by atoms with E-state index < -0.39 is 0 Å². The van der Waals surface area contributed by atoms with Crippen molar-refractivity contribution in [3.8, 4) is 5.69 Å². The lowest BCUT2D eigenvalue weighted by atomic mass is 10.0. The maximum absolute atomic E-state index is 13.3. The summed E-state index contributed by atoms with van der Waals surface area (Å²) in [6.07, 6.45) is 10.5. The van der Waals surface area contributed by atoms with Crippen molar-refractivity contribution in [2.24, 2.45) is 0 Å². The van der Waals surface area contributed by atoms with Crippen LogP contribution in [0.3, 0.4) is 0 Å². The number of para-hydroxylation sites is 1. The highest BCUT2D eigenvalue weighted by Crippen LogP contribution is 2.22. The van der Waals surface area contributed by atoms with Crippen molar-refractivity contribution >= 4 is 5.91 Å². The highest BCUT2D eigenvalue weighted by atomic mass is 16.2. The third kappa shape index (κ3) is 3.27. The minimum absolute atomic E-state index is 0.0416. The van der Waals surface area contributed by atoms with Crippen molar-refractivity contribution in [1.82, 2.24) is 24.2 Å². The van der Waals surface area contributed by atoms with E-state index in [2.05, 4.69) is 10.1 Å². The maximum Gasteiger partial charge on any atom is 0.272 e. The van der Waals surface area contributed by atoms with Crippen LogP contribution in [0.2, 0.25) is 0 Å². The van der Waals surface area contributed by atoms with Crippen molar-refractivity contribution in [3.63, 3.8) is 0 Å². The Kier molecular flexibility index (Phi) is 4.56. The summed E-state index contributed by atoms with van der Waals surface area (Å²) < 4.78 is 3.81. The van der Waals surface area contributed by atoms with E-state index in [1.54, 1.807) is 12.5 Å². The number of hydrogen-bond acceptors (Lipinski definition) is 3. The molecule has 4 rings (SSSR count). The zero-order chi connectivity index (χ0) is 17.9. The van der Waals surface area contributed by atoms with Crippen molar-refractivity contribution in [3.05, 3.63) is 66.5 Å². The van der Waals surface area contributed by atoms with Crippen LogP contribution in [0, 0.1) is 6.92 Å². The van der Waals surface area contributed by atoms with Gasteiger partial charge in [-0.15, -0.1) is 0 Å². The van der Waals surface area contributed by atoms with Crippen LogP contribution in [0.1, 0.15) is 35.3 Å². The number of imidazole rings is 1.